The standard InChI is InChI=1S/C28H27N3O4S2/c1-17-9-13-19(14-10-17)31-22-8-6-5-7-21(22)23(24-25(31)29-28(33)30(3)26(24)32)27(36-4)37(34,35)20-15-11-18(2)12-16-20/h5-16,23,27H,1-4H3,(H,29,33). The number of nitrogens with one attached hydrogen (secondary N) is 1. The summed E-state index contributed by atoms with van der Waals surface area (Å²) in [6.07, 6.45) is 1.74. The van der Waals surface area contributed by atoms with Crippen LogP contribution in [-0.2, 0) is 16.9 Å². The smallest absolute Gasteiger partial charge is 0.296 e. The van der Waals surface area contributed by atoms with E-state index in [1.165, 1.54) is 18.8 Å². The van der Waals surface area contributed by atoms with E-state index in [4.69, 9.17) is 0 Å². The van der Waals surface area contributed by atoms with Gasteiger partial charge in [0.15, 0.2) is 9.84 Å². The van der Waals surface area contributed by atoms with Gasteiger partial charge >= 0.3 is 5.69 Å². The van der Waals surface area contributed by atoms with Gasteiger partial charge in [-0.2, -0.15) is 0 Å². The van der Waals surface area contributed by atoms with Crippen LogP contribution in [0.3, 0.4) is 0 Å². The number of para-hydroxylation sites is 1. The molecule has 3 aromatic carbocycles. The van der Waals surface area contributed by atoms with E-state index in [0.717, 1.165) is 21.4 Å². The third-order valence-electron chi connectivity index (χ3n) is 6.82. The van der Waals surface area contributed by atoms with Gasteiger partial charge in [-0.15, -0.1) is 11.8 Å². The topological polar surface area (TPSA) is 92.2 Å². The lowest BCUT2D eigenvalue weighted by Gasteiger charge is -2.39. The third kappa shape index (κ3) is 4.12. The highest BCUT2D eigenvalue weighted by Gasteiger charge is 2.44. The highest BCUT2D eigenvalue weighted by molar-refractivity contribution is 8.13. The Kier molecular flexibility index (Phi) is 6.37. The van der Waals surface area contributed by atoms with Crippen molar-refractivity contribution in [3.8, 4) is 0 Å². The second-order valence-corrected chi connectivity index (χ2v) is 12.6. The van der Waals surface area contributed by atoms with Gasteiger partial charge in [-0.3, -0.25) is 19.2 Å². The molecule has 2 heterocycles. The molecule has 0 saturated heterocycles. The van der Waals surface area contributed by atoms with Gasteiger partial charge < -0.3 is 0 Å². The summed E-state index contributed by atoms with van der Waals surface area (Å²) in [5.74, 6) is -0.524. The number of fused-ring (bicyclic) bond motifs is 2. The van der Waals surface area contributed by atoms with Crippen molar-refractivity contribution < 1.29 is 8.42 Å². The maximum atomic E-state index is 14.0. The van der Waals surface area contributed by atoms with E-state index in [-0.39, 0.29) is 10.5 Å². The Morgan fingerprint density at radius 1 is 0.892 bits per heavy atom. The lowest BCUT2D eigenvalue weighted by Crippen LogP contribution is -2.43. The Morgan fingerprint density at radius 3 is 2.11 bits per heavy atom. The van der Waals surface area contributed by atoms with Crippen molar-refractivity contribution >= 4 is 38.8 Å². The van der Waals surface area contributed by atoms with Crippen molar-refractivity contribution in [1.29, 1.82) is 0 Å². The van der Waals surface area contributed by atoms with Crippen molar-refractivity contribution in [1.82, 2.24) is 9.55 Å². The van der Waals surface area contributed by atoms with E-state index in [1.807, 2.05) is 67.3 Å². The van der Waals surface area contributed by atoms with Crippen molar-refractivity contribution in [2.45, 2.75) is 29.2 Å². The molecule has 0 radical (unpaired) electrons. The molecule has 9 heteroatoms. The summed E-state index contributed by atoms with van der Waals surface area (Å²) >= 11 is 1.18. The van der Waals surface area contributed by atoms with Crippen LogP contribution in [0, 0.1) is 13.8 Å². The molecule has 2 atom stereocenters. The average Bonchev–Trinajstić information content (AvgIpc) is 2.88. The van der Waals surface area contributed by atoms with Gasteiger partial charge in [0.1, 0.15) is 10.4 Å². The van der Waals surface area contributed by atoms with Gasteiger partial charge in [-0.05, 0) is 56.0 Å². The van der Waals surface area contributed by atoms with E-state index in [1.54, 1.807) is 30.5 Å². The molecule has 0 spiro atoms. The Morgan fingerprint density at radius 2 is 1.49 bits per heavy atom. The molecule has 1 N–H and O–H groups in total. The largest absolute Gasteiger partial charge is 0.329 e. The fourth-order valence-corrected chi connectivity index (χ4v) is 8.19. The lowest BCUT2D eigenvalue weighted by atomic mass is 9.87. The molecule has 1 aromatic heterocycles. The molecule has 0 fully saturated rings. The fraction of sp³-hybridized carbons (Fsp3) is 0.214. The first-order valence-corrected chi connectivity index (χ1v) is 14.6. The minimum absolute atomic E-state index is 0.193. The van der Waals surface area contributed by atoms with Gasteiger partial charge in [-0.25, -0.2) is 13.2 Å². The molecule has 7 nitrogen and oxygen atoms in total. The van der Waals surface area contributed by atoms with Crippen LogP contribution in [0.1, 0.15) is 28.2 Å². The summed E-state index contributed by atoms with van der Waals surface area (Å²) in [7, 11) is -2.48. The predicted molar refractivity (Wildman–Crippen MR) is 149 cm³/mol. The fourth-order valence-electron chi connectivity index (χ4n) is 4.86. The number of nitrogens with zero attached hydrogens (tertiary/aromatic N) is 2. The molecule has 1 aliphatic heterocycles. The number of anilines is 3. The second kappa shape index (κ2) is 9.39. The maximum absolute atomic E-state index is 14.0. The van der Waals surface area contributed by atoms with Crippen LogP contribution in [0.5, 0.6) is 0 Å². The van der Waals surface area contributed by atoms with Crippen LogP contribution in [0.25, 0.3) is 0 Å². The molecule has 0 bridgehead atoms. The first-order chi connectivity index (χ1) is 17.6. The van der Waals surface area contributed by atoms with Crippen LogP contribution in [-0.4, -0.2) is 28.8 Å². The van der Waals surface area contributed by atoms with Crippen LogP contribution >= 0.6 is 11.8 Å². The number of aromatic nitrogens is 2. The van der Waals surface area contributed by atoms with E-state index in [2.05, 4.69) is 4.98 Å². The molecule has 0 amide bonds. The molecular formula is C28H27N3O4S2. The van der Waals surface area contributed by atoms with E-state index in [0.29, 0.717) is 17.1 Å². The van der Waals surface area contributed by atoms with Gasteiger partial charge in [0, 0.05) is 18.7 Å². The first-order valence-electron chi connectivity index (χ1n) is 11.8. The molecule has 0 aliphatic carbocycles. The quantitative estimate of drug-likeness (QED) is 0.397. The number of aromatic amines is 1. The van der Waals surface area contributed by atoms with Crippen LogP contribution in [0.4, 0.5) is 17.2 Å². The molecule has 2 unspecified atom stereocenters. The number of thioether (sulfide) groups is 1. The SMILES string of the molecule is CSC(C1c2ccccc2N(c2ccc(C)cc2)c2[nH]c(=O)n(C)c(=O)c21)S(=O)(=O)c1ccc(C)cc1. The monoisotopic (exact) mass is 533 g/mol. The molecule has 1 aliphatic rings. The Balaban J connectivity index is 1.83. The normalized spacial score (nSPS) is 15.7. The van der Waals surface area contributed by atoms with Crippen LogP contribution < -0.4 is 16.1 Å². The van der Waals surface area contributed by atoms with Gasteiger partial charge in [0.05, 0.1) is 16.1 Å². The molecule has 4 aromatic rings. The minimum atomic E-state index is -3.88. The zero-order chi connectivity index (χ0) is 26.5. The molecule has 190 valence electrons. The van der Waals surface area contributed by atoms with Crippen molar-refractivity contribution in [3.63, 3.8) is 0 Å². The van der Waals surface area contributed by atoms with Crippen LogP contribution in [0.15, 0.2) is 87.3 Å². The molecule has 37 heavy (non-hydrogen) atoms. The van der Waals surface area contributed by atoms with E-state index >= 15 is 0 Å². The zero-order valence-electron chi connectivity index (χ0n) is 20.9. The summed E-state index contributed by atoms with van der Waals surface area (Å²) in [5.41, 5.74) is 3.35. The number of benzene rings is 3. The van der Waals surface area contributed by atoms with E-state index < -0.39 is 31.6 Å². The third-order valence-corrected chi connectivity index (χ3v) is 10.7. The number of hydrogen-bond donors (Lipinski definition) is 1. The zero-order valence-corrected chi connectivity index (χ0v) is 22.6. The number of hydrogen-bond acceptors (Lipinski definition) is 6. The Bertz CT molecular complexity index is 1710. The number of aryl methyl sites for hydroxylation is 2. The summed E-state index contributed by atoms with van der Waals surface area (Å²) in [4.78, 5) is 31.4. The van der Waals surface area contributed by atoms with Crippen molar-refractivity contribution in [2.75, 3.05) is 11.2 Å². The van der Waals surface area contributed by atoms with Crippen molar-refractivity contribution in [3.05, 3.63) is 116 Å². The minimum Gasteiger partial charge on any atom is -0.296 e. The van der Waals surface area contributed by atoms with Gasteiger partial charge in [0.2, 0.25) is 0 Å². The van der Waals surface area contributed by atoms with E-state index in [9.17, 15) is 18.0 Å². The highest BCUT2D eigenvalue weighted by atomic mass is 32.3. The summed E-state index contributed by atoms with van der Waals surface area (Å²) in [5, 5.41) is 0. The highest BCUT2D eigenvalue weighted by Crippen LogP contribution is 2.51. The predicted octanol–water partition coefficient (Wildman–Crippen LogP) is 4.77. The number of rotatable bonds is 5. The first kappa shape index (κ1) is 25.1. The number of sulfone groups is 1. The van der Waals surface area contributed by atoms with Crippen molar-refractivity contribution in [2.24, 2.45) is 7.05 Å². The Labute approximate surface area is 219 Å². The second-order valence-electron chi connectivity index (χ2n) is 9.23. The molecular weight excluding hydrogens is 506 g/mol. The van der Waals surface area contributed by atoms with Crippen LogP contribution in [0.2, 0.25) is 0 Å². The Hall–Kier alpha value is -3.56. The summed E-state index contributed by atoms with van der Waals surface area (Å²) < 4.78 is 28.1. The van der Waals surface area contributed by atoms with Gasteiger partial charge in [0.25, 0.3) is 5.56 Å². The number of H-pyrrole nitrogens is 1. The summed E-state index contributed by atoms with van der Waals surface area (Å²) in [6, 6.07) is 21.9. The lowest BCUT2D eigenvalue weighted by molar-refractivity contribution is 0.586. The average molecular weight is 534 g/mol. The van der Waals surface area contributed by atoms with Gasteiger partial charge in [-0.1, -0.05) is 53.6 Å². The molecule has 5 rings (SSSR count). The molecule has 0 saturated carbocycles. The summed E-state index contributed by atoms with van der Waals surface area (Å²) in [6.45, 7) is 3.88. The maximum Gasteiger partial charge on any atom is 0.329 e.